The Kier molecular flexibility index (Phi) is 40.2. The maximum atomic E-state index is 14.3. The lowest BCUT2D eigenvalue weighted by Crippen LogP contribution is -2.58. The monoisotopic (exact) mass is 1540 g/mol. The normalized spacial score (nSPS) is 17.6. The Morgan fingerprint density at radius 2 is 0.807 bits per heavy atom. The van der Waals surface area contributed by atoms with Gasteiger partial charge in [0.05, 0.1) is 45.6 Å². The van der Waals surface area contributed by atoms with Gasteiger partial charge in [0.15, 0.2) is 0 Å². The van der Waals surface area contributed by atoms with Crippen molar-refractivity contribution in [1.29, 1.82) is 0 Å². The van der Waals surface area contributed by atoms with E-state index in [0.717, 1.165) is 0 Å². The third-order valence-electron chi connectivity index (χ3n) is 18.6. The number of benzene rings is 1. The Labute approximate surface area is 631 Å². The largest absolute Gasteiger partial charge is 0.480 e. The van der Waals surface area contributed by atoms with Crippen LogP contribution < -0.4 is 37.2 Å². The van der Waals surface area contributed by atoms with Gasteiger partial charge in [-0.05, 0) is 42.2 Å². The number of aromatic nitrogens is 2. The summed E-state index contributed by atoms with van der Waals surface area (Å²) in [5.74, 6) is -15.3. The summed E-state index contributed by atoms with van der Waals surface area (Å²) >= 11 is 0. The number of carboxylic acid groups (broad SMARTS) is 8. The van der Waals surface area contributed by atoms with E-state index in [1.165, 1.54) is 58.6 Å². The number of carboxylic acids is 8. The van der Waals surface area contributed by atoms with Gasteiger partial charge in [0, 0.05) is 162 Å². The average molecular weight is 1540 g/mol. The van der Waals surface area contributed by atoms with E-state index in [1.807, 2.05) is 20.8 Å². The van der Waals surface area contributed by atoms with Gasteiger partial charge in [-0.3, -0.25) is 111 Å². The first kappa shape index (κ1) is 91.5. The minimum absolute atomic E-state index is 0.0261. The van der Waals surface area contributed by atoms with Crippen LogP contribution in [0.5, 0.6) is 0 Å². The number of nitrogens with one attached hydrogen (secondary N) is 8. The molecule has 7 atom stereocenters. The summed E-state index contributed by atoms with van der Waals surface area (Å²) in [6.45, 7) is 4.81. The Morgan fingerprint density at radius 1 is 0.440 bits per heavy atom. The number of amides is 7. The van der Waals surface area contributed by atoms with Gasteiger partial charge < -0.3 is 83.1 Å². The van der Waals surface area contributed by atoms with Gasteiger partial charge in [-0.25, -0.2) is 4.98 Å². The Balaban J connectivity index is 1.57. The smallest absolute Gasteiger partial charge is 0.320 e. The Bertz CT molecular complexity index is 3290. The van der Waals surface area contributed by atoms with Crippen molar-refractivity contribution in [3.8, 4) is 0 Å². The third-order valence-corrected chi connectivity index (χ3v) is 18.6. The lowest BCUT2D eigenvalue weighted by atomic mass is 9.96. The van der Waals surface area contributed by atoms with Crippen molar-refractivity contribution >= 4 is 89.1 Å². The molecule has 608 valence electrons. The summed E-state index contributed by atoms with van der Waals surface area (Å²) < 4.78 is 0. The van der Waals surface area contributed by atoms with Crippen molar-refractivity contribution in [3.63, 3.8) is 0 Å². The molecule has 7 amide bonds. The molecule has 0 bridgehead atoms. The number of nitrogens with zero attached hydrogens (tertiary/aromatic N) is 9. The van der Waals surface area contributed by atoms with E-state index < -0.39 is 196 Å². The highest BCUT2D eigenvalue weighted by Gasteiger charge is 2.35. The zero-order chi connectivity index (χ0) is 80.9. The second kappa shape index (κ2) is 47.8. The van der Waals surface area contributed by atoms with Crippen molar-refractivity contribution in [1.82, 2.24) is 86.4 Å². The zero-order valence-electron chi connectivity index (χ0n) is 62.4. The highest BCUT2D eigenvalue weighted by Crippen LogP contribution is 2.17. The molecule has 2 aliphatic rings. The summed E-state index contributed by atoms with van der Waals surface area (Å²) in [7, 11) is 0. The quantitative estimate of drug-likeness (QED) is 0.0298. The van der Waals surface area contributed by atoms with Crippen LogP contribution in [0.1, 0.15) is 90.0 Å². The van der Waals surface area contributed by atoms with Crippen molar-refractivity contribution in [2.24, 2.45) is 11.8 Å². The number of hydrogen-bond donors (Lipinski definition) is 16. The molecule has 109 heavy (non-hydrogen) atoms. The molecule has 16 N–H and O–H groups in total. The molecule has 40 nitrogen and oxygen atoms in total. The molecule has 3 unspecified atom stereocenters. The fourth-order valence-corrected chi connectivity index (χ4v) is 12.5. The predicted molar refractivity (Wildman–Crippen MR) is 387 cm³/mol. The number of aromatic amines is 1. The molecule has 1 aromatic heterocycles. The van der Waals surface area contributed by atoms with Gasteiger partial charge >= 0.3 is 47.8 Å². The molecule has 2 saturated heterocycles. The molecular weight excluding hydrogens is 1430 g/mol. The van der Waals surface area contributed by atoms with Crippen molar-refractivity contribution in [3.05, 3.63) is 53.6 Å². The van der Waals surface area contributed by atoms with E-state index >= 15 is 0 Å². The molecule has 0 saturated carbocycles. The van der Waals surface area contributed by atoms with Crippen molar-refractivity contribution < 1.29 is 113 Å². The van der Waals surface area contributed by atoms with Crippen LogP contribution in [0.25, 0.3) is 0 Å². The van der Waals surface area contributed by atoms with Crippen LogP contribution >= 0.6 is 0 Å². The molecule has 0 aliphatic carbocycles. The molecule has 2 fully saturated rings. The molecule has 40 heteroatoms. The Morgan fingerprint density at radius 3 is 1.14 bits per heavy atom. The van der Waals surface area contributed by atoms with Gasteiger partial charge in [-0.2, -0.15) is 0 Å². The molecule has 2 aliphatic heterocycles. The maximum Gasteiger partial charge on any atom is 0.320 e. The fourth-order valence-electron chi connectivity index (χ4n) is 12.5. The van der Waals surface area contributed by atoms with Crippen LogP contribution in [0.15, 0.2) is 36.8 Å². The number of carbonyl (C=O) groups excluding carboxylic acids is 7. The number of rotatable bonds is 42. The predicted octanol–water partition coefficient (Wildman–Crippen LogP) is -4.53. The minimum Gasteiger partial charge on any atom is -0.480 e. The molecule has 1 aromatic carbocycles. The molecule has 0 spiro atoms. The van der Waals surface area contributed by atoms with Crippen molar-refractivity contribution in [2.75, 3.05) is 151 Å². The fraction of sp³-hybridized carbons (Fsp3) is 0.652. The standard InChI is InChI=1S/C69H109N17O23/c1-6-45(4)63(78-66(104)51(75-46(5)87)32-49-35-70-43-74-49)67(105)77-50(31-44(2)3)64(102)72-33-47-7-9-48(10-8-47)34-73-65(103)52(76-56(89)14-12-54(69(108)109)86-29-25-83(41-61(98)99)21-17-80(38-58(92)93)18-22-84(26-30-86)42-62(100)101)36-71-55(88)13-11-53(68(106)107)85-27-23-81(39-59(94)95)19-15-79(37-57(90)91)16-20-82(24-28-85)40-60(96)97/h7-10,35,43-45,50-54,63H,6,11-34,36-42H2,1-5H3,(H,70,74)(H,71,88)(H,72,102)(H,73,103)(H,75,87)(H,76,89)(H,77,105)(H,78,104)(H,90,91)(H,92,93)(H,94,95)(H,96,97)(H,98,99)(H,100,101)(H,106,107)(H,108,109)/t45?,50-,51-,52-,53?,54?,63-/m0/s1. The second-order valence-corrected chi connectivity index (χ2v) is 27.6. The summed E-state index contributed by atoms with van der Waals surface area (Å²) in [6.07, 6.45) is 1.80. The maximum absolute atomic E-state index is 14.3. The van der Waals surface area contributed by atoms with Crippen LogP contribution in [-0.2, 0) is 91.4 Å². The topological polar surface area (TPSA) is 557 Å². The molecule has 3 heterocycles. The number of imidazole rings is 1. The third kappa shape index (κ3) is 36.3. The van der Waals surface area contributed by atoms with E-state index in [1.54, 1.807) is 31.2 Å². The summed E-state index contributed by atoms with van der Waals surface area (Å²) in [5, 5.41) is 98.4. The number of aliphatic carboxylic acids is 8. The minimum atomic E-state index is -1.59. The van der Waals surface area contributed by atoms with Crippen LogP contribution in [0.2, 0.25) is 0 Å². The van der Waals surface area contributed by atoms with E-state index in [9.17, 15) is 113 Å². The lowest BCUT2D eigenvalue weighted by Gasteiger charge is -2.35. The molecule has 0 radical (unpaired) electrons. The number of carbonyl (C=O) groups is 15. The summed E-state index contributed by atoms with van der Waals surface area (Å²) in [6, 6.07) is -1.11. The van der Waals surface area contributed by atoms with Gasteiger partial charge in [-0.15, -0.1) is 0 Å². The molecule has 2 aromatic rings. The van der Waals surface area contributed by atoms with E-state index in [-0.39, 0.29) is 143 Å². The molecule has 4 rings (SSSR count). The van der Waals surface area contributed by atoms with Gasteiger partial charge in [0.2, 0.25) is 41.4 Å². The van der Waals surface area contributed by atoms with Crippen LogP contribution in [0.4, 0.5) is 0 Å². The van der Waals surface area contributed by atoms with Crippen LogP contribution in [-0.4, -0.2) is 366 Å². The number of hydrogen-bond acceptors (Lipinski definition) is 24. The lowest BCUT2D eigenvalue weighted by molar-refractivity contribution is -0.145. The highest BCUT2D eigenvalue weighted by molar-refractivity contribution is 5.94. The Hall–Kier alpha value is -9.84. The first-order valence-electron chi connectivity index (χ1n) is 36.2. The molecular formula is C69H109N17O23. The van der Waals surface area contributed by atoms with Gasteiger partial charge in [0.1, 0.15) is 36.3 Å². The van der Waals surface area contributed by atoms with Crippen LogP contribution in [0.3, 0.4) is 0 Å². The van der Waals surface area contributed by atoms with Gasteiger partial charge in [-0.1, -0.05) is 58.4 Å². The first-order valence-corrected chi connectivity index (χ1v) is 36.2. The van der Waals surface area contributed by atoms with Gasteiger partial charge in [0.25, 0.3) is 0 Å². The first-order chi connectivity index (χ1) is 51.6. The highest BCUT2D eigenvalue weighted by atomic mass is 16.4. The van der Waals surface area contributed by atoms with E-state index in [4.69, 9.17) is 0 Å². The summed E-state index contributed by atoms with van der Waals surface area (Å²) in [5.41, 5.74) is 1.65. The van der Waals surface area contributed by atoms with E-state index in [0.29, 0.717) is 23.2 Å². The van der Waals surface area contributed by atoms with Crippen LogP contribution in [0, 0.1) is 11.8 Å². The average Bonchev–Trinajstić information content (AvgIpc) is 1.48. The zero-order valence-corrected chi connectivity index (χ0v) is 62.4. The summed E-state index contributed by atoms with van der Waals surface area (Å²) in [4.78, 5) is 212. The number of H-pyrrole nitrogens is 1. The SMILES string of the molecule is CCC(C)[C@H](NC(=O)[C@H](Cc1cnc[nH]1)NC(C)=O)C(=O)N[C@@H](CC(C)C)C(=O)NCc1ccc(CNC(=O)[C@H](CNC(=O)CCC(C(=O)O)N2CCN(CC(=O)O)CCN(CC(=O)O)CCN(CC(=O)O)CC2)NC(=O)CCC(C(=O)O)N2CCN(CC(=O)O)CCN(CC(=O)O)CCN(CC(=O)O)CC2)cc1. The second-order valence-electron chi connectivity index (χ2n) is 27.6. The van der Waals surface area contributed by atoms with E-state index in [2.05, 4.69) is 47.2 Å². The van der Waals surface area contributed by atoms with Crippen molar-refractivity contribution in [2.45, 2.75) is 129 Å².